The molecule has 1 amide bonds. The first-order valence-corrected chi connectivity index (χ1v) is 9.43. The van der Waals surface area contributed by atoms with Crippen molar-refractivity contribution in [3.8, 4) is 0 Å². The van der Waals surface area contributed by atoms with Crippen LogP contribution >= 0.6 is 0 Å². The first-order valence-electron chi connectivity index (χ1n) is 9.43. The van der Waals surface area contributed by atoms with Crippen molar-refractivity contribution in [2.75, 3.05) is 12.4 Å². The SMILES string of the molecule is CC(Nc1ccc(C(=O)N(C)Cc2ccc3ccccc3n2)cn1)C1CC1. The average Bonchev–Trinajstić information content (AvgIpc) is 3.53. The van der Waals surface area contributed by atoms with E-state index in [0.29, 0.717) is 18.2 Å². The molecule has 138 valence electrons. The van der Waals surface area contributed by atoms with E-state index < -0.39 is 0 Å². The highest BCUT2D eigenvalue weighted by Crippen LogP contribution is 2.33. The van der Waals surface area contributed by atoms with Crippen LogP contribution in [0.15, 0.2) is 54.7 Å². The molecule has 2 heterocycles. The van der Waals surface area contributed by atoms with E-state index in [1.807, 2.05) is 48.5 Å². The lowest BCUT2D eigenvalue weighted by molar-refractivity contribution is 0.0783. The van der Waals surface area contributed by atoms with E-state index in [2.05, 4.69) is 22.2 Å². The van der Waals surface area contributed by atoms with E-state index in [1.54, 1.807) is 18.1 Å². The summed E-state index contributed by atoms with van der Waals surface area (Å²) in [5, 5.41) is 4.51. The number of hydrogen-bond donors (Lipinski definition) is 1. The maximum Gasteiger partial charge on any atom is 0.255 e. The molecular formula is C22H24N4O. The molecule has 0 saturated heterocycles. The van der Waals surface area contributed by atoms with Gasteiger partial charge in [-0.1, -0.05) is 24.3 Å². The molecule has 1 N–H and O–H groups in total. The van der Waals surface area contributed by atoms with Crippen molar-refractivity contribution < 1.29 is 4.79 Å². The topological polar surface area (TPSA) is 58.1 Å². The maximum atomic E-state index is 12.7. The minimum atomic E-state index is -0.0562. The summed E-state index contributed by atoms with van der Waals surface area (Å²) in [6.45, 7) is 2.64. The van der Waals surface area contributed by atoms with Crippen molar-refractivity contribution in [3.63, 3.8) is 0 Å². The van der Waals surface area contributed by atoms with Crippen LogP contribution in [-0.2, 0) is 6.54 Å². The van der Waals surface area contributed by atoms with Crippen molar-refractivity contribution in [1.82, 2.24) is 14.9 Å². The van der Waals surface area contributed by atoms with Gasteiger partial charge in [0.2, 0.25) is 0 Å². The molecule has 1 fully saturated rings. The van der Waals surface area contributed by atoms with Gasteiger partial charge < -0.3 is 10.2 Å². The number of para-hydroxylation sites is 1. The second kappa shape index (κ2) is 7.35. The monoisotopic (exact) mass is 360 g/mol. The summed E-state index contributed by atoms with van der Waals surface area (Å²) in [4.78, 5) is 23.4. The molecule has 4 rings (SSSR count). The summed E-state index contributed by atoms with van der Waals surface area (Å²) >= 11 is 0. The predicted octanol–water partition coefficient (Wildman–Crippen LogP) is 4.11. The molecular weight excluding hydrogens is 336 g/mol. The molecule has 5 heteroatoms. The molecule has 3 aromatic rings. The highest BCUT2D eigenvalue weighted by molar-refractivity contribution is 5.93. The summed E-state index contributed by atoms with van der Waals surface area (Å²) in [6.07, 6.45) is 4.23. The summed E-state index contributed by atoms with van der Waals surface area (Å²) < 4.78 is 0. The molecule has 0 radical (unpaired) electrons. The molecule has 1 unspecified atom stereocenters. The fraction of sp³-hybridized carbons (Fsp3) is 0.318. The number of pyridine rings is 2. The Balaban J connectivity index is 1.41. The number of fused-ring (bicyclic) bond motifs is 1. The summed E-state index contributed by atoms with van der Waals surface area (Å²) in [6, 6.07) is 16.1. The van der Waals surface area contributed by atoms with Gasteiger partial charge in [-0.3, -0.25) is 9.78 Å². The third-order valence-corrected chi connectivity index (χ3v) is 5.12. The Hall–Kier alpha value is -2.95. The van der Waals surface area contributed by atoms with E-state index in [4.69, 9.17) is 0 Å². The van der Waals surface area contributed by atoms with Gasteiger partial charge in [0.05, 0.1) is 23.3 Å². The van der Waals surface area contributed by atoms with Gasteiger partial charge >= 0.3 is 0 Å². The number of rotatable bonds is 6. The number of amides is 1. The molecule has 1 atom stereocenters. The van der Waals surface area contributed by atoms with Crippen LogP contribution in [0.5, 0.6) is 0 Å². The Morgan fingerprint density at radius 3 is 2.74 bits per heavy atom. The number of carbonyl (C=O) groups is 1. The van der Waals surface area contributed by atoms with Crippen molar-refractivity contribution in [1.29, 1.82) is 0 Å². The second-order valence-corrected chi connectivity index (χ2v) is 7.36. The fourth-order valence-electron chi connectivity index (χ4n) is 3.28. The van der Waals surface area contributed by atoms with Crippen LogP contribution in [-0.4, -0.2) is 33.9 Å². The minimum Gasteiger partial charge on any atom is -0.367 e. The first kappa shape index (κ1) is 17.5. The van der Waals surface area contributed by atoms with Crippen molar-refractivity contribution >= 4 is 22.6 Å². The zero-order valence-corrected chi connectivity index (χ0v) is 15.7. The molecule has 1 aliphatic rings. The lowest BCUT2D eigenvalue weighted by Crippen LogP contribution is -2.27. The van der Waals surface area contributed by atoms with Gasteiger partial charge in [0, 0.05) is 24.7 Å². The number of hydrogen-bond acceptors (Lipinski definition) is 4. The van der Waals surface area contributed by atoms with Gasteiger partial charge in [0.1, 0.15) is 5.82 Å². The fourth-order valence-corrected chi connectivity index (χ4v) is 3.28. The third-order valence-electron chi connectivity index (χ3n) is 5.12. The van der Waals surface area contributed by atoms with Crippen molar-refractivity contribution in [2.45, 2.75) is 32.4 Å². The highest BCUT2D eigenvalue weighted by atomic mass is 16.2. The molecule has 5 nitrogen and oxygen atoms in total. The quantitative estimate of drug-likeness (QED) is 0.719. The number of aromatic nitrogens is 2. The Kier molecular flexibility index (Phi) is 4.75. The Morgan fingerprint density at radius 2 is 2.00 bits per heavy atom. The van der Waals surface area contributed by atoms with Gasteiger partial charge in [-0.25, -0.2) is 4.98 Å². The van der Waals surface area contributed by atoms with E-state index in [1.165, 1.54) is 12.8 Å². The molecule has 1 aromatic carbocycles. The maximum absolute atomic E-state index is 12.7. The minimum absolute atomic E-state index is 0.0562. The Morgan fingerprint density at radius 1 is 1.19 bits per heavy atom. The largest absolute Gasteiger partial charge is 0.367 e. The van der Waals surface area contributed by atoms with Crippen LogP contribution < -0.4 is 5.32 Å². The lowest BCUT2D eigenvalue weighted by atomic mass is 10.2. The van der Waals surface area contributed by atoms with Crippen LogP contribution in [0.1, 0.15) is 35.8 Å². The van der Waals surface area contributed by atoms with E-state index in [9.17, 15) is 4.79 Å². The number of anilines is 1. The van der Waals surface area contributed by atoms with Gasteiger partial charge in [0.25, 0.3) is 5.91 Å². The molecule has 1 aliphatic carbocycles. The Labute approximate surface area is 159 Å². The van der Waals surface area contributed by atoms with Gasteiger partial charge in [-0.15, -0.1) is 0 Å². The van der Waals surface area contributed by atoms with Crippen LogP contribution in [0, 0.1) is 5.92 Å². The van der Waals surface area contributed by atoms with Crippen LogP contribution in [0.2, 0.25) is 0 Å². The van der Waals surface area contributed by atoms with Crippen LogP contribution in [0.25, 0.3) is 10.9 Å². The molecule has 2 aromatic heterocycles. The zero-order valence-electron chi connectivity index (χ0n) is 15.7. The van der Waals surface area contributed by atoms with Crippen molar-refractivity contribution in [2.24, 2.45) is 5.92 Å². The zero-order chi connectivity index (χ0) is 18.8. The molecule has 27 heavy (non-hydrogen) atoms. The molecule has 0 aliphatic heterocycles. The van der Waals surface area contributed by atoms with E-state index in [-0.39, 0.29) is 5.91 Å². The van der Waals surface area contributed by atoms with Crippen LogP contribution in [0.4, 0.5) is 5.82 Å². The van der Waals surface area contributed by atoms with Gasteiger partial charge in [-0.05, 0) is 49.9 Å². The molecule has 0 bridgehead atoms. The van der Waals surface area contributed by atoms with E-state index in [0.717, 1.165) is 28.3 Å². The molecule has 1 saturated carbocycles. The summed E-state index contributed by atoms with van der Waals surface area (Å²) in [7, 11) is 1.79. The number of carbonyl (C=O) groups excluding carboxylic acids is 1. The Bertz CT molecular complexity index is 950. The average molecular weight is 360 g/mol. The standard InChI is InChI=1S/C22H24N4O/c1-15(16-7-8-16)24-21-12-10-18(13-23-21)22(27)26(2)14-19-11-9-17-5-3-4-6-20(17)25-19/h3-6,9-13,15-16H,7-8,14H2,1-2H3,(H,23,24). The number of nitrogens with zero attached hydrogens (tertiary/aromatic N) is 3. The van der Waals surface area contributed by atoms with Crippen molar-refractivity contribution in [3.05, 3.63) is 66.0 Å². The summed E-state index contributed by atoms with van der Waals surface area (Å²) in [5.41, 5.74) is 2.40. The van der Waals surface area contributed by atoms with E-state index >= 15 is 0 Å². The normalized spacial score (nSPS) is 14.7. The second-order valence-electron chi connectivity index (χ2n) is 7.36. The summed E-state index contributed by atoms with van der Waals surface area (Å²) in [5.74, 6) is 1.53. The smallest absolute Gasteiger partial charge is 0.255 e. The highest BCUT2D eigenvalue weighted by Gasteiger charge is 2.28. The van der Waals surface area contributed by atoms with Gasteiger partial charge in [0.15, 0.2) is 0 Å². The number of nitrogens with one attached hydrogen (secondary N) is 1. The first-order chi connectivity index (χ1) is 13.1. The number of benzene rings is 1. The third kappa shape index (κ3) is 4.08. The van der Waals surface area contributed by atoms with Gasteiger partial charge in [-0.2, -0.15) is 0 Å². The predicted molar refractivity (Wildman–Crippen MR) is 108 cm³/mol. The molecule has 0 spiro atoms. The lowest BCUT2D eigenvalue weighted by Gasteiger charge is -2.18. The van der Waals surface area contributed by atoms with Crippen LogP contribution in [0.3, 0.4) is 0 Å².